The van der Waals surface area contributed by atoms with Crippen molar-refractivity contribution in [2.75, 3.05) is 26.3 Å². The van der Waals surface area contributed by atoms with Gasteiger partial charge in [-0.3, -0.25) is 4.79 Å². The van der Waals surface area contributed by atoms with Crippen LogP contribution >= 0.6 is 0 Å². The standard InChI is InChI=1S/C11H25NO4Si/c1-4-15-17(16-5-2)10(3)6-8-12-9-7-11(13)14/h10,12,17H,4-9H2,1-3H3,(H,13,14). The Labute approximate surface area is 105 Å². The summed E-state index contributed by atoms with van der Waals surface area (Å²) in [4.78, 5) is 10.3. The second-order valence-electron chi connectivity index (χ2n) is 3.94. The zero-order valence-corrected chi connectivity index (χ0v) is 12.2. The highest BCUT2D eigenvalue weighted by Gasteiger charge is 2.20. The van der Waals surface area contributed by atoms with Gasteiger partial charge in [-0.1, -0.05) is 6.92 Å². The molecule has 17 heavy (non-hydrogen) atoms. The molecule has 0 aliphatic rings. The van der Waals surface area contributed by atoms with Crippen LogP contribution in [-0.2, 0) is 13.6 Å². The zero-order chi connectivity index (χ0) is 13.1. The van der Waals surface area contributed by atoms with E-state index in [4.69, 9.17) is 14.0 Å². The first-order chi connectivity index (χ1) is 8.11. The van der Waals surface area contributed by atoms with Crippen LogP contribution in [0.3, 0.4) is 0 Å². The van der Waals surface area contributed by atoms with Crippen LogP contribution in [0.1, 0.15) is 33.6 Å². The van der Waals surface area contributed by atoms with Gasteiger partial charge in [-0.2, -0.15) is 0 Å². The first kappa shape index (κ1) is 16.6. The van der Waals surface area contributed by atoms with E-state index in [0.717, 1.165) is 13.0 Å². The van der Waals surface area contributed by atoms with E-state index >= 15 is 0 Å². The number of rotatable bonds is 11. The third-order valence-electron chi connectivity index (χ3n) is 2.42. The van der Waals surface area contributed by atoms with Crippen LogP contribution in [0, 0.1) is 0 Å². The Bertz CT molecular complexity index is 198. The average molecular weight is 263 g/mol. The van der Waals surface area contributed by atoms with Crippen molar-refractivity contribution in [2.45, 2.75) is 39.2 Å². The maximum Gasteiger partial charge on any atom is 0.324 e. The lowest BCUT2D eigenvalue weighted by Crippen LogP contribution is -2.30. The SMILES string of the molecule is CCO[SiH](OCC)C(C)CCNCCC(=O)O. The second kappa shape index (κ2) is 10.7. The molecule has 0 heterocycles. The predicted octanol–water partition coefficient (Wildman–Crippen LogP) is 1.12. The number of hydrogen-bond donors (Lipinski definition) is 2. The van der Waals surface area contributed by atoms with Crippen LogP contribution in [0.5, 0.6) is 0 Å². The van der Waals surface area contributed by atoms with Crippen LogP contribution in [0.25, 0.3) is 0 Å². The summed E-state index contributed by atoms with van der Waals surface area (Å²) < 4.78 is 11.3. The summed E-state index contributed by atoms with van der Waals surface area (Å²) in [5.41, 5.74) is 0.437. The number of aliphatic carboxylic acids is 1. The minimum absolute atomic E-state index is 0.173. The molecule has 0 fully saturated rings. The van der Waals surface area contributed by atoms with Crippen LogP contribution in [0.4, 0.5) is 0 Å². The van der Waals surface area contributed by atoms with Crippen molar-refractivity contribution < 1.29 is 18.8 Å². The maximum absolute atomic E-state index is 10.3. The van der Waals surface area contributed by atoms with Gasteiger partial charge in [-0.25, -0.2) is 0 Å². The molecular weight excluding hydrogens is 238 g/mol. The second-order valence-corrected chi connectivity index (χ2v) is 6.48. The lowest BCUT2D eigenvalue weighted by atomic mass is 10.3. The topological polar surface area (TPSA) is 67.8 Å². The summed E-state index contributed by atoms with van der Waals surface area (Å²) in [6.07, 6.45) is 1.14. The monoisotopic (exact) mass is 263 g/mol. The third-order valence-corrected chi connectivity index (χ3v) is 5.00. The van der Waals surface area contributed by atoms with Crippen molar-refractivity contribution in [2.24, 2.45) is 0 Å². The van der Waals surface area contributed by atoms with Gasteiger partial charge in [-0.05, 0) is 32.4 Å². The van der Waals surface area contributed by atoms with E-state index in [0.29, 0.717) is 25.3 Å². The number of carboxylic acids is 1. The van der Waals surface area contributed by atoms with Gasteiger partial charge in [-0.15, -0.1) is 0 Å². The Hall–Kier alpha value is -0.433. The van der Waals surface area contributed by atoms with Gasteiger partial charge in [0, 0.05) is 19.8 Å². The van der Waals surface area contributed by atoms with E-state index < -0.39 is 15.3 Å². The fourth-order valence-corrected chi connectivity index (χ4v) is 3.34. The van der Waals surface area contributed by atoms with E-state index in [1.54, 1.807) is 0 Å². The number of hydrogen-bond acceptors (Lipinski definition) is 4. The summed E-state index contributed by atoms with van der Waals surface area (Å²) in [5, 5.41) is 11.6. The normalized spacial score (nSPS) is 12.9. The third kappa shape index (κ3) is 9.28. The fourth-order valence-electron chi connectivity index (χ4n) is 1.49. The number of carboxylic acid groups (broad SMARTS) is 1. The van der Waals surface area contributed by atoms with Gasteiger partial charge < -0.3 is 19.3 Å². The van der Waals surface area contributed by atoms with Gasteiger partial charge in [0.2, 0.25) is 0 Å². The molecule has 102 valence electrons. The lowest BCUT2D eigenvalue weighted by Gasteiger charge is -2.21. The molecule has 5 nitrogen and oxygen atoms in total. The van der Waals surface area contributed by atoms with Crippen LogP contribution < -0.4 is 5.32 Å². The smallest absolute Gasteiger partial charge is 0.324 e. The number of carbonyl (C=O) groups is 1. The van der Waals surface area contributed by atoms with Gasteiger partial charge in [0.15, 0.2) is 0 Å². The van der Waals surface area contributed by atoms with E-state index in [-0.39, 0.29) is 6.42 Å². The van der Waals surface area contributed by atoms with Crippen molar-refractivity contribution in [1.82, 2.24) is 5.32 Å². The molecular formula is C11H25NO4Si. The average Bonchev–Trinajstić information content (AvgIpc) is 2.27. The molecule has 0 amide bonds. The molecule has 0 saturated heterocycles. The quantitative estimate of drug-likeness (QED) is 0.432. The van der Waals surface area contributed by atoms with Crippen molar-refractivity contribution in [1.29, 1.82) is 0 Å². The van der Waals surface area contributed by atoms with Crippen molar-refractivity contribution in [3.05, 3.63) is 0 Å². The van der Waals surface area contributed by atoms with Gasteiger partial charge in [0.1, 0.15) is 0 Å². The fraction of sp³-hybridized carbons (Fsp3) is 0.909. The van der Waals surface area contributed by atoms with Gasteiger partial charge >= 0.3 is 15.3 Å². The highest BCUT2D eigenvalue weighted by Crippen LogP contribution is 2.15. The molecule has 0 radical (unpaired) electrons. The zero-order valence-electron chi connectivity index (χ0n) is 11.1. The van der Waals surface area contributed by atoms with Crippen molar-refractivity contribution in [3.8, 4) is 0 Å². The summed E-state index contributed by atoms with van der Waals surface area (Å²) in [6, 6.07) is 0. The molecule has 0 aromatic carbocycles. The molecule has 6 heteroatoms. The van der Waals surface area contributed by atoms with Crippen LogP contribution in [0.15, 0.2) is 0 Å². The van der Waals surface area contributed by atoms with E-state index in [1.807, 2.05) is 13.8 Å². The molecule has 1 atom stereocenters. The number of nitrogens with one attached hydrogen (secondary N) is 1. The molecule has 0 rings (SSSR count). The summed E-state index contributed by atoms with van der Waals surface area (Å²) in [6.45, 7) is 8.85. The highest BCUT2D eigenvalue weighted by molar-refractivity contribution is 6.46. The molecule has 0 bridgehead atoms. The Morgan fingerprint density at radius 1 is 1.29 bits per heavy atom. The van der Waals surface area contributed by atoms with E-state index in [2.05, 4.69) is 12.2 Å². The van der Waals surface area contributed by atoms with E-state index in [1.165, 1.54) is 0 Å². The molecule has 1 unspecified atom stereocenters. The minimum atomic E-state index is -1.56. The van der Waals surface area contributed by atoms with Gasteiger partial charge in [0.25, 0.3) is 0 Å². The molecule has 2 N–H and O–H groups in total. The van der Waals surface area contributed by atoms with Crippen LogP contribution in [-0.4, -0.2) is 46.7 Å². The first-order valence-corrected chi connectivity index (χ1v) is 7.88. The van der Waals surface area contributed by atoms with Crippen molar-refractivity contribution >= 4 is 15.3 Å². The Morgan fingerprint density at radius 3 is 2.35 bits per heavy atom. The Kier molecular flexibility index (Phi) is 10.4. The molecule has 0 saturated carbocycles. The Balaban J connectivity index is 3.65. The van der Waals surface area contributed by atoms with Crippen molar-refractivity contribution in [3.63, 3.8) is 0 Å². The predicted molar refractivity (Wildman–Crippen MR) is 69.6 cm³/mol. The largest absolute Gasteiger partial charge is 0.481 e. The van der Waals surface area contributed by atoms with Gasteiger partial charge in [0.05, 0.1) is 6.42 Å². The minimum Gasteiger partial charge on any atom is -0.481 e. The lowest BCUT2D eigenvalue weighted by molar-refractivity contribution is -0.136. The Morgan fingerprint density at radius 2 is 1.88 bits per heavy atom. The molecule has 0 aromatic rings. The molecule has 0 aliphatic heterocycles. The summed E-state index contributed by atoms with van der Waals surface area (Å²) in [5.74, 6) is -0.763. The van der Waals surface area contributed by atoms with Crippen LogP contribution in [0.2, 0.25) is 5.54 Å². The molecule has 0 aromatic heterocycles. The molecule has 0 spiro atoms. The molecule has 0 aliphatic carbocycles. The summed E-state index contributed by atoms with van der Waals surface area (Å²) in [7, 11) is -1.56. The maximum atomic E-state index is 10.3. The first-order valence-electron chi connectivity index (χ1n) is 6.27. The summed E-state index contributed by atoms with van der Waals surface area (Å²) >= 11 is 0. The van der Waals surface area contributed by atoms with E-state index in [9.17, 15) is 4.79 Å². The highest BCUT2D eigenvalue weighted by atomic mass is 28.3.